The molecule has 0 aliphatic heterocycles. The summed E-state index contributed by atoms with van der Waals surface area (Å²) in [6.45, 7) is 7.34. The molecule has 4 aromatic rings. The van der Waals surface area contributed by atoms with Gasteiger partial charge in [-0.1, -0.05) is 24.3 Å². The Kier molecular flexibility index (Phi) is 5.62. The summed E-state index contributed by atoms with van der Waals surface area (Å²) in [6, 6.07) is 16.1. The Morgan fingerprint density at radius 3 is 2.45 bits per heavy atom. The summed E-state index contributed by atoms with van der Waals surface area (Å²) in [7, 11) is 0. The molecule has 0 fully saturated rings. The Labute approximate surface area is 174 Å². The maximum Gasteiger partial charge on any atom is 0.143 e. The van der Waals surface area contributed by atoms with Crippen molar-refractivity contribution in [2.24, 2.45) is 0 Å². The highest BCUT2D eigenvalue weighted by molar-refractivity contribution is 7.19. The number of benzene rings is 2. The first-order valence-corrected chi connectivity index (χ1v) is 10.5. The Hall–Kier alpha value is -3.12. The van der Waals surface area contributed by atoms with Crippen LogP contribution in [-0.2, 0) is 0 Å². The zero-order valence-corrected chi connectivity index (χ0v) is 17.5. The summed E-state index contributed by atoms with van der Waals surface area (Å²) in [5.74, 6) is 2.44. The molecular formula is C23H23N3O2S. The van der Waals surface area contributed by atoms with Crippen molar-refractivity contribution in [2.45, 2.75) is 20.8 Å². The van der Waals surface area contributed by atoms with Gasteiger partial charge >= 0.3 is 0 Å². The number of ether oxygens (including phenoxy) is 2. The van der Waals surface area contributed by atoms with Crippen molar-refractivity contribution in [1.82, 2.24) is 9.97 Å². The highest BCUT2D eigenvalue weighted by Crippen LogP contribution is 2.42. The molecule has 2 heterocycles. The van der Waals surface area contributed by atoms with Gasteiger partial charge in [-0.15, -0.1) is 11.3 Å². The lowest BCUT2D eigenvalue weighted by Crippen LogP contribution is -2.00. The van der Waals surface area contributed by atoms with E-state index in [-0.39, 0.29) is 0 Å². The number of aryl methyl sites for hydroxylation is 1. The number of fused-ring (bicyclic) bond motifs is 1. The topological polar surface area (TPSA) is 56.3 Å². The minimum atomic E-state index is 0.604. The molecule has 0 bridgehead atoms. The maximum absolute atomic E-state index is 5.76. The van der Waals surface area contributed by atoms with Crippen molar-refractivity contribution in [3.8, 4) is 22.6 Å². The monoisotopic (exact) mass is 405 g/mol. The van der Waals surface area contributed by atoms with E-state index in [1.54, 1.807) is 17.7 Å². The van der Waals surface area contributed by atoms with Gasteiger partial charge in [-0.3, -0.25) is 0 Å². The Morgan fingerprint density at radius 2 is 1.69 bits per heavy atom. The second-order valence-electron chi connectivity index (χ2n) is 6.45. The molecule has 1 N–H and O–H groups in total. The van der Waals surface area contributed by atoms with Crippen LogP contribution in [0.3, 0.4) is 0 Å². The fourth-order valence-corrected chi connectivity index (χ4v) is 4.36. The molecule has 5 nitrogen and oxygen atoms in total. The molecule has 0 unspecified atom stereocenters. The first kappa shape index (κ1) is 19.2. The first-order valence-electron chi connectivity index (χ1n) is 9.67. The van der Waals surface area contributed by atoms with Gasteiger partial charge in [0.1, 0.15) is 28.5 Å². The van der Waals surface area contributed by atoms with Crippen LogP contribution in [0.2, 0.25) is 0 Å². The van der Waals surface area contributed by atoms with E-state index in [0.29, 0.717) is 13.2 Å². The normalized spacial score (nSPS) is 10.9. The number of nitrogens with one attached hydrogen (secondary N) is 1. The number of hydrogen-bond donors (Lipinski definition) is 1. The van der Waals surface area contributed by atoms with Gasteiger partial charge in [0, 0.05) is 10.4 Å². The average Bonchev–Trinajstić information content (AvgIpc) is 3.07. The first-order chi connectivity index (χ1) is 14.2. The second-order valence-corrected chi connectivity index (χ2v) is 7.65. The third-order valence-electron chi connectivity index (χ3n) is 4.56. The maximum atomic E-state index is 5.76. The van der Waals surface area contributed by atoms with Gasteiger partial charge in [0.05, 0.1) is 24.3 Å². The van der Waals surface area contributed by atoms with Crippen molar-refractivity contribution in [2.75, 3.05) is 18.5 Å². The number of anilines is 2. The van der Waals surface area contributed by atoms with Crippen molar-refractivity contribution < 1.29 is 9.47 Å². The molecule has 0 radical (unpaired) electrons. The minimum Gasteiger partial charge on any atom is -0.494 e. The van der Waals surface area contributed by atoms with Gasteiger partial charge in [-0.05, 0) is 50.6 Å². The number of nitrogens with zero attached hydrogens (tertiary/aromatic N) is 2. The van der Waals surface area contributed by atoms with Crippen LogP contribution in [0.4, 0.5) is 11.5 Å². The van der Waals surface area contributed by atoms with Gasteiger partial charge in [-0.2, -0.15) is 0 Å². The smallest absolute Gasteiger partial charge is 0.143 e. The summed E-state index contributed by atoms with van der Waals surface area (Å²) < 4.78 is 11.3. The van der Waals surface area contributed by atoms with Crippen LogP contribution in [0.25, 0.3) is 21.3 Å². The highest BCUT2D eigenvalue weighted by atomic mass is 32.1. The second kappa shape index (κ2) is 8.49. The molecule has 29 heavy (non-hydrogen) atoms. The molecule has 0 amide bonds. The van der Waals surface area contributed by atoms with Gasteiger partial charge in [0.2, 0.25) is 0 Å². The summed E-state index contributed by atoms with van der Waals surface area (Å²) in [5, 5.41) is 4.48. The molecule has 0 aliphatic carbocycles. The highest BCUT2D eigenvalue weighted by Gasteiger charge is 2.18. The van der Waals surface area contributed by atoms with Crippen molar-refractivity contribution in [3.05, 3.63) is 59.7 Å². The molecule has 0 saturated carbocycles. The molecule has 6 heteroatoms. The molecule has 148 valence electrons. The lowest BCUT2D eigenvalue weighted by Gasteiger charge is -2.13. The molecule has 0 atom stereocenters. The van der Waals surface area contributed by atoms with Gasteiger partial charge < -0.3 is 14.8 Å². The van der Waals surface area contributed by atoms with Crippen LogP contribution in [-0.4, -0.2) is 23.2 Å². The molecule has 0 saturated heterocycles. The SMILES string of the molecule is CCOc1ccc(-c2c(C)sc3ncnc(Nc4ccccc4OCC)c23)cc1. The van der Waals surface area contributed by atoms with Crippen molar-refractivity contribution in [1.29, 1.82) is 0 Å². The number of hydrogen-bond acceptors (Lipinski definition) is 6. The van der Waals surface area contributed by atoms with E-state index in [9.17, 15) is 0 Å². The fourth-order valence-electron chi connectivity index (χ4n) is 3.35. The Morgan fingerprint density at radius 1 is 0.931 bits per heavy atom. The lowest BCUT2D eigenvalue weighted by atomic mass is 10.0. The van der Waals surface area contributed by atoms with Crippen LogP contribution in [0.5, 0.6) is 11.5 Å². The third kappa shape index (κ3) is 3.89. The van der Waals surface area contributed by atoms with E-state index < -0.39 is 0 Å². The third-order valence-corrected chi connectivity index (χ3v) is 5.57. The van der Waals surface area contributed by atoms with E-state index in [4.69, 9.17) is 9.47 Å². The quantitative estimate of drug-likeness (QED) is 0.396. The fraction of sp³-hybridized carbons (Fsp3) is 0.217. The van der Waals surface area contributed by atoms with E-state index in [1.807, 2.05) is 50.2 Å². The number of para-hydroxylation sites is 2. The standard InChI is InChI=1S/C23H23N3O2S/c1-4-27-17-12-10-16(11-13-17)20-15(3)29-23-21(20)22(24-14-25-23)26-18-8-6-7-9-19(18)28-5-2/h6-14H,4-5H2,1-3H3,(H,24,25,26). The van der Waals surface area contributed by atoms with Crippen LogP contribution in [0.15, 0.2) is 54.9 Å². The Balaban J connectivity index is 1.80. The van der Waals surface area contributed by atoms with Crippen molar-refractivity contribution in [3.63, 3.8) is 0 Å². The molecule has 4 rings (SSSR count). The van der Waals surface area contributed by atoms with Crippen molar-refractivity contribution >= 4 is 33.1 Å². The molecule has 2 aromatic carbocycles. The zero-order valence-electron chi connectivity index (χ0n) is 16.7. The predicted molar refractivity (Wildman–Crippen MR) is 120 cm³/mol. The summed E-state index contributed by atoms with van der Waals surface area (Å²) in [4.78, 5) is 11.2. The van der Waals surface area contributed by atoms with Crippen LogP contribution >= 0.6 is 11.3 Å². The Bertz CT molecular complexity index is 1120. The summed E-state index contributed by atoms with van der Waals surface area (Å²) >= 11 is 1.67. The van der Waals surface area contributed by atoms with Crippen LogP contribution < -0.4 is 14.8 Å². The number of aromatic nitrogens is 2. The predicted octanol–water partition coefficient (Wildman–Crippen LogP) is 6.21. The zero-order chi connectivity index (χ0) is 20.2. The van der Waals surface area contributed by atoms with Crippen LogP contribution in [0, 0.1) is 6.92 Å². The number of thiophene rings is 1. The minimum absolute atomic E-state index is 0.604. The van der Waals surface area contributed by atoms with Gasteiger partial charge in [0.25, 0.3) is 0 Å². The van der Waals surface area contributed by atoms with E-state index in [1.165, 1.54) is 4.88 Å². The van der Waals surface area contributed by atoms with Crippen LogP contribution in [0.1, 0.15) is 18.7 Å². The van der Waals surface area contributed by atoms with E-state index in [0.717, 1.165) is 44.3 Å². The van der Waals surface area contributed by atoms with E-state index >= 15 is 0 Å². The molecular weight excluding hydrogens is 382 g/mol. The lowest BCUT2D eigenvalue weighted by molar-refractivity contribution is 0.340. The number of rotatable bonds is 7. The summed E-state index contributed by atoms with van der Waals surface area (Å²) in [6.07, 6.45) is 1.60. The molecule has 0 aliphatic rings. The molecule has 2 aromatic heterocycles. The average molecular weight is 406 g/mol. The molecule has 0 spiro atoms. The largest absolute Gasteiger partial charge is 0.494 e. The van der Waals surface area contributed by atoms with E-state index in [2.05, 4.69) is 34.3 Å². The van der Waals surface area contributed by atoms with Gasteiger partial charge in [-0.25, -0.2) is 9.97 Å². The van der Waals surface area contributed by atoms with Gasteiger partial charge in [0.15, 0.2) is 0 Å². The summed E-state index contributed by atoms with van der Waals surface area (Å²) in [5.41, 5.74) is 3.15.